The van der Waals surface area contributed by atoms with Crippen LogP contribution in [0.15, 0.2) is 35.5 Å². The van der Waals surface area contributed by atoms with Crippen LogP contribution in [0.5, 0.6) is 5.75 Å². The van der Waals surface area contributed by atoms with Gasteiger partial charge in [-0.1, -0.05) is 18.5 Å². The van der Waals surface area contributed by atoms with Crippen molar-refractivity contribution in [2.24, 2.45) is 4.99 Å². The van der Waals surface area contributed by atoms with Gasteiger partial charge in [-0.2, -0.15) is 0 Å². The first-order valence-electron chi connectivity index (χ1n) is 12.9. The van der Waals surface area contributed by atoms with Gasteiger partial charge in [-0.25, -0.2) is 18.2 Å². The molecule has 1 aromatic heterocycles. The molecule has 2 N–H and O–H groups in total. The van der Waals surface area contributed by atoms with Crippen molar-refractivity contribution in [3.63, 3.8) is 0 Å². The Morgan fingerprint density at radius 1 is 1.12 bits per heavy atom. The number of anilines is 1. The van der Waals surface area contributed by atoms with Crippen molar-refractivity contribution in [1.29, 1.82) is 0 Å². The summed E-state index contributed by atoms with van der Waals surface area (Å²) in [7, 11) is -3.85. The number of alkyl carbamates (subject to hydrolysis) is 1. The number of nitrogens with zero attached hydrogens (tertiary/aromatic N) is 2. The smallest absolute Gasteiger partial charge is 0.413 e. The van der Waals surface area contributed by atoms with E-state index in [4.69, 9.17) is 26.1 Å². The lowest BCUT2D eigenvalue weighted by molar-refractivity contribution is 0.0560. The maximum Gasteiger partial charge on any atom is 0.413 e. The lowest BCUT2D eigenvalue weighted by atomic mass is 9.92. The number of benzene rings is 1. The SMILES string of the molecule is CCCOc1ccc(NC(=O)c2ncc(Cl)cc2C)cc1C1(C)CS(=O)(=O)C(C)(C)C(NC(=O)OC(C)(C)C)=N1. The molecule has 1 aromatic carbocycles. The predicted molar refractivity (Wildman–Crippen MR) is 156 cm³/mol. The van der Waals surface area contributed by atoms with Crippen LogP contribution >= 0.6 is 11.6 Å². The maximum atomic E-state index is 13.6. The molecule has 0 fully saturated rings. The van der Waals surface area contributed by atoms with Crippen LogP contribution in [-0.2, 0) is 20.1 Å². The lowest BCUT2D eigenvalue weighted by Gasteiger charge is -2.39. The van der Waals surface area contributed by atoms with Crippen molar-refractivity contribution in [3.8, 4) is 5.75 Å². The molecular weight excluding hydrogens is 556 g/mol. The fourth-order valence-electron chi connectivity index (χ4n) is 4.16. The molecule has 2 aromatic rings. The van der Waals surface area contributed by atoms with E-state index in [0.29, 0.717) is 34.2 Å². The van der Waals surface area contributed by atoms with Crippen molar-refractivity contribution in [2.75, 3.05) is 17.7 Å². The van der Waals surface area contributed by atoms with Gasteiger partial charge in [0.25, 0.3) is 5.91 Å². The molecule has 12 heteroatoms. The van der Waals surface area contributed by atoms with Crippen LogP contribution in [-0.4, -0.2) is 53.9 Å². The Morgan fingerprint density at radius 2 is 1.80 bits per heavy atom. The number of aromatic nitrogens is 1. The minimum atomic E-state index is -3.85. The van der Waals surface area contributed by atoms with E-state index in [-0.39, 0.29) is 17.3 Å². The number of carbonyl (C=O) groups is 2. The number of halogens is 1. The summed E-state index contributed by atoms with van der Waals surface area (Å²) in [5.41, 5.74) is -0.536. The van der Waals surface area contributed by atoms with Gasteiger partial charge in [0.05, 0.1) is 17.4 Å². The Morgan fingerprint density at radius 3 is 2.40 bits per heavy atom. The normalized spacial score (nSPS) is 19.8. The molecular formula is C28H37ClN4O6S. The topological polar surface area (TPSA) is 136 Å². The number of aryl methyl sites for hydroxylation is 1. The van der Waals surface area contributed by atoms with Crippen molar-refractivity contribution in [2.45, 2.75) is 77.7 Å². The first-order chi connectivity index (χ1) is 18.4. The average Bonchev–Trinajstić information content (AvgIpc) is 2.80. The first-order valence-corrected chi connectivity index (χ1v) is 14.9. The molecule has 10 nitrogen and oxygen atoms in total. The molecule has 40 heavy (non-hydrogen) atoms. The van der Waals surface area contributed by atoms with Crippen LogP contribution in [0.3, 0.4) is 0 Å². The van der Waals surface area contributed by atoms with Gasteiger partial charge in [0.1, 0.15) is 33.2 Å². The Hall–Kier alpha value is -3.18. The fraction of sp³-hybridized carbons (Fsp3) is 0.500. The number of hydrogen-bond acceptors (Lipinski definition) is 8. The number of sulfone groups is 1. The van der Waals surface area contributed by atoms with Gasteiger partial charge in [-0.15, -0.1) is 0 Å². The largest absolute Gasteiger partial charge is 0.493 e. The average molecular weight is 593 g/mol. The second-order valence-electron chi connectivity index (χ2n) is 11.5. The van der Waals surface area contributed by atoms with Crippen molar-refractivity contribution < 1.29 is 27.5 Å². The minimum Gasteiger partial charge on any atom is -0.493 e. The van der Waals surface area contributed by atoms with Gasteiger partial charge in [0, 0.05) is 17.4 Å². The second kappa shape index (κ2) is 11.4. The number of nitrogens with one attached hydrogen (secondary N) is 2. The highest BCUT2D eigenvalue weighted by Crippen LogP contribution is 2.42. The van der Waals surface area contributed by atoms with Crippen LogP contribution in [0, 0.1) is 6.92 Å². The monoisotopic (exact) mass is 592 g/mol. The third kappa shape index (κ3) is 6.93. The molecule has 218 valence electrons. The summed E-state index contributed by atoms with van der Waals surface area (Å²) < 4.78 is 37.1. The van der Waals surface area contributed by atoms with Crippen LogP contribution in [0.25, 0.3) is 0 Å². The Labute approximate surface area is 240 Å². The van der Waals surface area contributed by atoms with E-state index in [9.17, 15) is 18.0 Å². The Kier molecular flexibility index (Phi) is 8.91. The molecule has 3 rings (SSSR count). The molecule has 0 aliphatic carbocycles. The molecule has 0 radical (unpaired) electrons. The van der Waals surface area contributed by atoms with E-state index in [0.717, 1.165) is 6.42 Å². The highest BCUT2D eigenvalue weighted by atomic mass is 35.5. The number of carbonyl (C=O) groups excluding carboxylic acids is 2. The van der Waals surface area contributed by atoms with Crippen LogP contribution in [0.1, 0.15) is 76.5 Å². The van der Waals surface area contributed by atoms with Crippen molar-refractivity contribution in [1.82, 2.24) is 10.3 Å². The highest BCUT2D eigenvalue weighted by molar-refractivity contribution is 7.93. The number of aliphatic imine (C=N–C) groups is 1. The summed E-state index contributed by atoms with van der Waals surface area (Å²) in [5.74, 6) is -0.448. The quantitative estimate of drug-likeness (QED) is 0.456. The van der Waals surface area contributed by atoms with Gasteiger partial charge < -0.3 is 14.8 Å². The summed E-state index contributed by atoms with van der Waals surface area (Å²) in [5, 5.41) is 5.80. The zero-order valence-corrected chi connectivity index (χ0v) is 25.7. The van der Waals surface area contributed by atoms with E-state index >= 15 is 0 Å². The number of pyridine rings is 1. The Bertz CT molecular complexity index is 1450. The Balaban J connectivity index is 2.10. The number of ether oxygens (including phenoxy) is 2. The van der Waals surface area contributed by atoms with E-state index in [1.807, 2.05) is 6.92 Å². The number of amidine groups is 1. The molecule has 1 atom stereocenters. The number of rotatable bonds is 6. The summed E-state index contributed by atoms with van der Waals surface area (Å²) in [6.45, 7) is 13.8. The lowest BCUT2D eigenvalue weighted by Crippen LogP contribution is -2.57. The summed E-state index contributed by atoms with van der Waals surface area (Å²) in [4.78, 5) is 34.6. The van der Waals surface area contributed by atoms with Gasteiger partial charge in [-0.05, 0) is 84.7 Å². The zero-order valence-electron chi connectivity index (χ0n) is 24.1. The molecule has 0 spiro atoms. The third-order valence-corrected chi connectivity index (χ3v) is 9.23. The van der Waals surface area contributed by atoms with E-state index in [2.05, 4.69) is 15.6 Å². The fourth-order valence-corrected chi connectivity index (χ4v) is 6.09. The van der Waals surface area contributed by atoms with Crippen LogP contribution in [0.4, 0.5) is 10.5 Å². The standard InChI is InChI=1S/C28H37ClN4O6S/c1-9-12-38-21-11-10-19(31-23(34)22-17(2)13-18(29)15-30-22)14-20(21)28(8)16-40(36,37)27(6,7)24(33-28)32-25(35)39-26(3,4)5/h10-11,13-15H,9,12,16H2,1-8H3,(H,31,34)(H,32,33,35). The van der Waals surface area contributed by atoms with E-state index < -0.39 is 37.7 Å². The van der Waals surface area contributed by atoms with Gasteiger partial charge in [0.2, 0.25) is 0 Å². The third-order valence-electron chi connectivity index (χ3n) is 6.34. The summed E-state index contributed by atoms with van der Waals surface area (Å²) >= 11 is 5.98. The second-order valence-corrected chi connectivity index (χ2v) is 14.4. The summed E-state index contributed by atoms with van der Waals surface area (Å²) in [6, 6.07) is 6.60. The van der Waals surface area contributed by atoms with Crippen LogP contribution < -0.4 is 15.4 Å². The molecule has 0 saturated carbocycles. The van der Waals surface area contributed by atoms with Gasteiger partial charge in [-0.3, -0.25) is 15.1 Å². The number of hydrogen-bond donors (Lipinski definition) is 2. The predicted octanol–water partition coefficient (Wildman–Crippen LogP) is 5.43. The van der Waals surface area contributed by atoms with Gasteiger partial charge in [0.15, 0.2) is 9.84 Å². The molecule has 2 amide bonds. The zero-order chi connectivity index (χ0) is 30.1. The van der Waals surface area contributed by atoms with E-state index in [1.54, 1.807) is 58.9 Å². The van der Waals surface area contributed by atoms with E-state index in [1.165, 1.54) is 20.0 Å². The molecule has 1 unspecified atom stereocenters. The number of amides is 2. The molecule has 1 aliphatic rings. The molecule has 0 saturated heterocycles. The minimum absolute atomic E-state index is 0.0487. The molecule has 0 bridgehead atoms. The molecule has 1 aliphatic heterocycles. The van der Waals surface area contributed by atoms with Crippen LogP contribution in [0.2, 0.25) is 5.02 Å². The first kappa shape index (κ1) is 31.3. The highest BCUT2D eigenvalue weighted by Gasteiger charge is 2.51. The van der Waals surface area contributed by atoms with Crippen molar-refractivity contribution >= 4 is 45.0 Å². The summed E-state index contributed by atoms with van der Waals surface area (Å²) in [6.07, 6.45) is 1.30. The van der Waals surface area contributed by atoms with Crippen molar-refractivity contribution in [3.05, 3.63) is 52.3 Å². The maximum absolute atomic E-state index is 13.6. The molecule has 2 heterocycles. The van der Waals surface area contributed by atoms with Gasteiger partial charge >= 0.3 is 6.09 Å².